The Morgan fingerprint density at radius 3 is 2.50 bits per heavy atom. The minimum atomic E-state index is -0.0326. The predicted octanol–water partition coefficient (Wildman–Crippen LogP) is 2.91. The normalized spacial score (nSPS) is 10.7. The highest BCUT2D eigenvalue weighted by Gasteiger charge is 2.18. The summed E-state index contributed by atoms with van der Waals surface area (Å²) in [4.78, 5) is 16.8. The molecule has 18 heavy (non-hydrogen) atoms. The Kier molecular flexibility index (Phi) is 3.61. The molecule has 0 unspecified atom stereocenters. The number of hydrogen-bond donors (Lipinski definition) is 0. The summed E-state index contributed by atoms with van der Waals surface area (Å²) in [5, 5.41) is 4.16. The van der Waals surface area contributed by atoms with Crippen molar-refractivity contribution in [1.82, 2.24) is 14.8 Å². The summed E-state index contributed by atoms with van der Waals surface area (Å²) in [6.07, 6.45) is 1.65. The van der Waals surface area contributed by atoms with Crippen molar-refractivity contribution in [2.45, 2.75) is 27.3 Å². The molecule has 0 atom stereocenters. The summed E-state index contributed by atoms with van der Waals surface area (Å²) >= 11 is 3.37. The highest BCUT2D eigenvalue weighted by Crippen LogP contribution is 2.20. The lowest BCUT2D eigenvalue weighted by molar-refractivity contribution is 0.102. The van der Waals surface area contributed by atoms with Gasteiger partial charge in [-0.05, 0) is 48.8 Å². The maximum atomic E-state index is 12.5. The van der Waals surface area contributed by atoms with Crippen LogP contribution < -0.4 is 0 Å². The van der Waals surface area contributed by atoms with Crippen LogP contribution in [-0.4, -0.2) is 20.5 Å². The molecule has 5 heteroatoms. The zero-order valence-corrected chi connectivity index (χ0v) is 12.2. The molecule has 0 amide bonds. The van der Waals surface area contributed by atoms with Crippen LogP contribution in [0.15, 0.2) is 22.8 Å². The standard InChI is InChI=1S/C13H14BrN3O/c1-4-17-12(11(14)7-15-17)13(18)10-5-8(2)16-9(3)6-10/h5-7H,4H2,1-3H3. The molecule has 2 heterocycles. The Bertz CT molecular complexity index is 584. The number of halogens is 1. The molecule has 0 aromatic carbocycles. The molecule has 0 N–H and O–H groups in total. The van der Waals surface area contributed by atoms with Gasteiger partial charge in [0.15, 0.2) is 0 Å². The summed E-state index contributed by atoms with van der Waals surface area (Å²) in [6, 6.07) is 3.60. The largest absolute Gasteiger partial charge is 0.287 e. The Hall–Kier alpha value is -1.49. The molecular formula is C13H14BrN3O. The van der Waals surface area contributed by atoms with Gasteiger partial charge in [0.2, 0.25) is 5.78 Å². The summed E-state index contributed by atoms with van der Waals surface area (Å²) in [6.45, 7) is 6.39. The van der Waals surface area contributed by atoms with Crippen LogP contribution in [0, 0.1) is 13.8 Å². The number of aryl methyl sites for hydroxylation is 3. The van der Waals surface area contributed by atoms with Crippen molar-refractivity contribution in [1.29, 1.82) is 0 Å². The average molecular weight is 308 g/mol. The van der Waals surface area contributed by atoms with Crippen LogP contribution in [-0.2, 0) is 6.54 Å². The Labute approximate surface area is 114 Å². The summed E-state index contributed by atoms with van der Waals surface area (Å²) < 4.78 is 2.42. The molecule has 2 aromatic rings. The van der Waals surface area contributed by atoms with E-state index in [2.05, 4.69) is 26.0 Å². The maximum absolute atomic E-state index is 12.5. The zero-order chi connectivity index (χ0) is 13.3. The fraction of sp³-hybridized carbons (Fsp3) is 0.308. The van der Waals surface area contributed by atoms with Crippen LogP contribution in [0.1, 0.15) is 34.4 Å². The topological polar surface area (TPSA) is 47.8 Å². The third-order valence-corrected chi connectivity index (χ3v) is 3.23. The van der Waals surface area contributed by atoms with Gasteiger partial charge in [0.1, 0.15) is 5.69 Å². The van der Waals surface area contributed by atoms with E-state index in [1.165, 1.54) is 0 Å². The quantitative estimate of drug-likeness (QED) is 0.819. The lowest BCUT2D eigenvalue weighted by Gasteiger charge is -2.06. The van der Waals surface area contributed by atoms with Gasteiger partial charge in [-0.2, -0.15) is 5.10 Å². The lowest BCUT2D eigenvalue weighted by Crippen LogP contribution is -2.12. The molecule has 0 bridgehead atoms. The fourth-order valence-corrected chi connectivity index (χ4v) is 2.41. The molecule has 0 radical (unpaired) electrons. The van der Waals surface area contributed by atoms with E-state index < -0.39 is 0 Å². The second-order valence-corrected chi connectivity index (χ2v) is 4.98. The molecule has 2 aromatic heterocycles. The first-order valence-corrected chi connectivity index (χ1v) is 6.53. The van der Waals surface area contributed by atoms with Gasteiger partial charge >= 0.3 is 0 Å². The van der Waals surface area contributed by atoms with Crippen LogP contribution in [0.2, 0.25) is 0 Å². The number of carbonyl (C=O) groups excluding carboxylic acids is 1. The molecule has 4 nitrogen and oxygen atoms in total. The van der Waals surface area contributed by atoms with E-state index in [0.29, 0.717) is 17.8 Å². The van der Waals surface area contributed by atoms with Gasteiger partial charge in [0, 0.05) is 23.5 Å². The molecular weight excluding hydrogens is 294 g/mol. The van der Waals surface area contributed by atoms with Crippen LogP contribution in [0.25, 0.3) is 0 Å². The zero-order valence-electron chi connectivity index (χ0n) is 10.6. The van der Waals surface area contributed by atoms with Crippen molar-refractivity contribution >= 4 is 21.7 Å². The summed E-state index contributed by atoms with van der Waals surface area (Å²) in [7, 11) is 0. The molecule has 0 fully saturated rings. The van der Waals surface area contributed by atoms with Crippen molar-refractivity contribution in [2.75, 3.05) is 0 Å². The first-order chi connectivity index (χ1) is 8.52. The number of ketones is 1. The van der Waals surface area contributed by atoms with Gasteiger partial charge in [-0.25, -0.2) is 0 Å². The van der Waals surface area contributed by atoms with Crippen LogP contribution >= 0.6 is 15.9 Å². The number of aromatic nitrogens is 3. The van der Waals surface area contributed by atoms with Gasteiger partial charge in [0.05, 0.1) is 10.7 Å². The van der Waals surface area contributed by atoms with E-state index in [-0.39, 0.29) is 5.78 Å². The first-order valence-electron chi connectivity index (χ1n) is 5.74. The van der Waals surface area contributed by atoms with Gasteiger partial charge in [-0.15, -0.1) is 0 Å². The first kappa shape index (κ1) is 13.0. The van der Waals surface area contributed by atoms with E-state index in [1.54, 1.807) is 23.0 Å². The number of rotatable bonds is 3. The molecule has 0 aliphatic rings. The minimum Gasteiger partial charge on any atom is -0.287 e. The van der Waals surface area contributed by atoms with Crippen LogP contribution in [0.3, 0.4) is 0 Å². The molecule has 0 saturated carbocycles. The highest BCUT2D eigenvalue weighted by molar-refractivity contribution is 9.10. The maximum Gasteiger partial charge on any atom is 0.212 e. The van der Waals surface area contributed by atoms with Crippen molar-refractivity contribution in [3.05, 3.63) is 45.4 Å². The van der Waals surface area contributed by atoms with Gasteiger partial charge in [0.25, 0.3) is 0 Å². The molecule has 0 saturated heterocycles. The summed E-state index contributed by atoms with van der Waals surface area (Å²) in [5.74, 6) is -0.0326. The smallest absolute Gasteiger partial charge is 0.212 e. The van der Waals surface area contributed by atoms with E-state index >= 15 is 0 Å². The molecule has 94 valence electrons. The van der Waals surface area contributed by atoms with E-state index in [0.717, 1.165) is 15.9 Å². The van der Waals surface area contributed by atoms with Crippen LogP contribution in [0.4, 0.5) is 0 Å². The van der Waals surface area contributed by atoms with E-state index in [1.807, 2.05) is 20.8 Å². The number of nitrogens with zero attached hydrogens (tertiary/aromatic N) is 3. The lowest BCUT2D eigenvalue weighted by atomic mass is 10.1. The number of carbonyl (C=O) groups is 1. The van der Waals surface area contributed by atoms with Crippen molar-refractivity contribution < 1.29 is 4.79 Å². The van der Waals surface area contributed by atoms with Crippen molar-refractivity contribution in [2.24, 2.45) is 0 Å². The highest BCUT2D eigenvalue weighted by atomic mass is 79.9. The molecule has 0 aliphatic carbocycles. The third kappa shape index (κ3) is 2.36. The number of hydrogen-bond acceptors (Lipinski definition) is 3. The fourth-order valence-electron chi connectivity index (χ4n) is 1.93. The summed E-state index contributed by atoms with van der Waals surface area (Å²) in [5.41, 5.74) is 2.92. The van der Waals surface area contributed by atoms with E-state index in [4.69, 9.17) is 0 Å². The Balaban J connectivity index is 2.50. The van der Waals surface area contributed by atoms with E-state index in [9.17, 15) is 4.79 Å². The predicted molar refractivity (Wildman–Crippen MR) is 72.7 cm³/mol. The van der Waals surface area contributed by atoms with Crippen molar-refractivity contribution in [3.8, 4) is 0 Å². The second kappa shape index (κ2) is 5.02. The third-order valence-electron chi connectivity index (χ3n) is 2.65. The Morgan fingerprint density at radius 2 is 1.94 bits per heavy atom. The Morgan fingerprint density at radius 1 is 1.33 bits per heavy atom. The molecule has 0 spiro atoms. The van der Waals surface area contributed by atoms with Gasteiger partial charge in [-0.3, -0.25) is 14.5 Å². The molecule has 2 rings (SSSR count). The SMILES string of the molecule is CCn1ncc(Br)c1C(=O)c1cc(C)nc(C)c1. The van der Waals surface area contributed by atoms with Crippen LogP contribution in [0.5, 0.6) is 0 Å². The van der Waals surface area contributed by atoms with Gasteiger partial charge < -0.3 is 0 Å². The molecule has 0 aliphatic heterocycles. The van der Waals surface area contributed by atoms with Crippen molar-refractivity contribution in [3.63, 3.8) is 0 Å². The second-order valence-electron chi connectivity index (χ2n) is 4.12. The number of pyridine rings is 1. The van der Waals surface area contributed by atoms with Gasteiger partial charge in [-0.1, -0.05) is 0 Å². The average Bonchev–Trinajstić information content (AvgIpc) is 2.68. The minimum absolute atomic E-state index is 0.0326. The monoisotopic (exact) mass is 307 g/mol.